The first-order chi connectivity index (χ1) is 20.7. The lowest BCUT2D eigenvalue weighted by atomic mass is 9.68. The summed E-state index contributed by atoms with van der Waals surface area (Å²) in [5.74, 6) is -3.18. The van der Waals surface area contributed by atoms with Gasteiger partial charge in [0.15, 0.2) is 5.78 Å². The van der Waals surface area contributed by atoms with Gasteiger partial charge in [0.05, 0.1) is 11.8 Å². The van der Waals surface area contributed by atoms with Crippen molar-refractivity contribution >= 4 is 11.6 Å². The maximum absolute atomic E-state index is 14.9. The van der Waals surface area contributed by atoms with Gasteiger partial charge in [0.25, 0.3) is 0 Å². The van der Waals surface area contributed by atoms with Gasteiger partial charge in [-0.3, -0.25) is 9.59 Å². The maximum atomic E-state index is 14.9. The van der Waals surface area contributed by atoms with Gasteiger partial charge in [-0.05, 0) is 64.2 Å². The van der Waals surface area contributed by atoms with Crippen LogP contribution >= 0.6 is 0 Å². The monoisotopic (exact) mass is 636 g/mol. The minimum absolute atomic E-state index is 0.0114. The zero-order chi connectivity index (χ0) is 35.6. The fourth-order valence-corrected chi connectivity index (χ4v) is 6.27. The maximum Gasteiger partial charge on any atom is 0.175 e. The average molecular weight is 637 g/mol. The molecule has 0 aromatic heterocycles. The Labute approximate surface area is 279 Å². The number of phenols is 2. The van der Waals surface area contributed by atoms with E-state index in [4.69, 9.17) is 11.5 Å². The topological polar surface area (TPSA) is 127 Å². The number of carbonyl (C=O) groups excluding carboxylic acids is 2. The normalized spacial score (nSPS) is 15.4. The molecule has 3 atom stereocenters. The van der Waals surface area contributed by atoms with E-state index < -0.39 is 29.2 Å². The number of phenolic OH excluding ortho intramolecular Hbond substituents is 2. The van der Waals surface area contributed by atoms with Crippen molar-refractivity contribution in [2.75, 3.05) is 0 Å². The lowest BCUT2D eigenvalue weighted by Crippen LogP contribution is -2.65. The Bertz CT molecular complexity index is 1360. The fraction of sp³-hybridized carbons (Fsp3) is 0.650. The standard InChI is InChI=1S/C40H64N2O4/c1-14-15-16-31(34(45)29(23-36(2,3)4)27-21-25(38(8,9)10)17-19-32(27)43)40(41,42)35(46)30(24-37(5,6)7)28-22-26(39(11,12)13)18-20-33(28)44/h17-22,29-31,43-44H,14-16,23-24,41-42H2,1-13H3. The van der Waals surface area contributed by atoms with Gasteiger partial charge in [-0.15, -0.1) is 0 Å². The van der Waals surface area contributed by atoms with E-state index in [1.807, 2.05) is 52.0 Å². The minimum Gasteiger partial charge on any atom is -0.508 e. The number of nitrogens with two attached hydrogens (primary N) is 2. The molecule has 0 amide bonds. The number of unbranched alkanes of at least 4 members (excludes halogenated alkanes) is 1. The van der Waals surface area contributed by atoms with Crippen LogP contribution in [0, 0.1) is 16.7 Å². The molecule has 258 valence electrons. The van der Waals surface area contributed by atoms with Crippen LogP contribution in [0.1, 0.15) is 156 Å². The van der Waals surface area contributed by atoms with E-state index in [9.17, 15) is 19.8 Å². The number of ketones is 2. The van der Waals surface area contributed by atoms with Gasteiger partial charge in [0.2, 0.25) is 0 Å². The van der Waals surface area contributed by atoms with Crippen LogP contribution in [0.5, 0.6) is 11.5 Å². The highest BCUT2D eigenvalue weighted by atomic mass is 16.3. The van der Waals surface area contributed by atoms with Crippen LogP contribution in [-0.4, -0.2) is 27.4 Å². The van der Waals surface area contributed by atoms with Crippen LogP contribution in [0.15, 0.2) is 36.4 Å². The van der Waals surface area contributed by atoms with Crippen LogP contribution in [0.4, 0.5) is 0 Å². The van der Waals surface area contributed by atoms with Crippen LogP contribution < -0.4 is 11.5 Å². The van der Waals surface area contributed by atoms with Crippen molar-refractivity contribution in [2.24, 2.45) is 28.2 Å². The third-order valence-corrected chi connectivity index (χ3v) is 9.02. The van der Waals surface area contributed by atoms with Gasteiger partial charge in [-0.2, -0.15) is 0 Å². The first kappa shape index (κ1) is 39.5. The summed E-state index contributed by atoms with van der Waals surface area (Å²) in [6.07, 6.45) is 2.62. The Morgan fingerprint density at radius 1 is 0.674 bits per heavy atom. The van der Waals surface area contributed by atoms with Gasteiger partial charge in [0, 0.05) is 17.0 Å². The SMILES string of the molecule is CCCCC(C(=O)C(CC(C)(C)C)c1cc(C(C)(C)C)ccc1O)C(N)(N)C(=O)C(CC(C)(C)C)c1cc(C(C)(C)C)ccc1O. The third kappa shape index (κ3) is 10.1. The second kappa shape index (κ2) is 14.2. The molecular formula is C40H64N2O4. The lowest BCUT2D eigenvalue weighted by molar-refractivity contribution is -0.136. The molecule has 0 aliphatic rings. The smallest absolute Gasteiger partial charge is 0.175 e. The molecule has 6 heteroatoms. The molecule has 6 N–H and O–H groups in total. The Balaban J connectivity index is 2.80. The Kier molecular flexibility index (Phi) is 12.2. The second-order valence-electron chi connectivity index (χ2n) is 18.1. The van der Waals surface area contributed by atoms with E-state index in [-0.39, 0.29) is 38.9 Å². The van der Waals surface area contributed by atoms with E-state index in [1.54, 1.807) is 12.1 Å². The van der Waals surface area contributed by atoms with Crippen molar-refractivity contribution in [1.29, 1.82) is 0 Å². The zero-order valence-corrected chi connectivity index (χ0v) is 31.1. The highest BCUT2D eigenvalue weighted by molar-refractivity contribution is 6.01. The molecule has 0 radical (unpaired) electrons. The summed E-state index contributed by atoms with van der Waals surface area (Å²) >= 11 is 0. The molecule has 0 bridgehead atoms. The van der Waals surface area contributed by atoms with Gasteiger partial charge >= 0.3 is 0 Å². The molecule has 0 saturated carbocycles. The molecule has 2 aromatic carbocycles. The number of carbonyl (C=O) groups is 2. The van der Waals surface area contributed by atoms with Crippen LogP contribution in [0.25, 0.3) is 0 Å². The molecule has 3 unspecified atom stereocenters. The second-order valence-corrected chi connectivity index (χ2v) is 18.1. The van der Waals surface area contributed by atoms with E-state index in [0.717, 1.165) is 17.5 Å². The van der Waals surface area contributed by atoms with E-state index in [2.05, 4.69) is 62.3 Å². The predicted molar refractivity (Wildman–Crippen MR) is 191 cm³/mol. The van der Waals surface area contributed by atoms with Crippen LogP contribution in [-0.2, 0) is 20.4 Å². The summed E-state index contributed by atoms with van der Waals surface area (Å²) in [5.41, 5.74) is 13.9. The molecule has 46 heavy (non-hydrogen) atoms. The number of rotatable bonds is 12. The molecule has 0 aliphatic heterocycles. The summed E-state index contributed by atoms with van der Waals surface area (Å²) < 4.78 is 0. The largest absolute Gasteiger partial charge is 0.508 e. The van der Waals surface area contributed by atoms with Crippen LogP contribution in [0.3, 0.4) is 0 Å². The molecule has 2 aromatic rings. The predicted octanol–water partition coefficient (Wildman–Crippen LogP) is 8.99. The van der Waals surface area contributed by atoms with Crippen molar-refractivity contribution in [3.05, 3.63) is 58.7 Å². The zero-order valence-electron chi connectivity index (χ0n) is 31.1. The fourth-order valence-electron chi connectivity index (χ4n) is 6.27. The van der Waals surface area contributed by atoms with E-state index in [1.165, 1.54) is 0 Å². The van der Waals surface area contributed by atoms with Crippen molar-refractivity contribution in [1.82, 2.24) is 0 Å². The number of hydrogen-bond acceptors (Lipinski definition) is 6. The quantitative estimate of drug-likeness (QED) is 0.172. The molecule has 2 rings (SSSR count). The summed E-state index contributed by atoms with van der Waals surface area (Å²) in [6, 6.07) is 10.9. The molecular weight excluding hydrogens is 572 g/mol. The molecule has 0 aliphatic carbocycles. The number of benzene rings is 2. The number of Topliss-reactive ketones (excluding diaryl/α,β-unsaturated/α-hetero) is 2. The Morgan fingerprint density at radius 2 is 1.07 bits per heavy atom. The summed E-state index contributed by atoms with van der Waals surface area (Å²) in [5, 5.41) is 22.3. The molecule has 0 saturated heterocycles. The van der Waals surface area contributed by atoms with Gasteiger partial charge in [-0.1, -0.05) is 127 Å². The van der Waals surface area contributed by atoms with Gasteiger partial charge in [-0.25, -0.2) is 0 Å². The van der Waals surface area contributed by atoms with Crippen LogP contribution in [0.2, 0.25) is 0 Å². The lowest BCUT2D eigenvalue weighted by Gasteiger charge is -2.39. The first-order valence-electron chi connectivity index (χ1n) is 17.0. The summed E-state index contributed by atoms with van der Waals surface area (Å²) in [4.78, 5) is 29.7. The Morgan fingerprint density at radius 3 is 1.43 bits per heavy atom. The van der Waals surface area contributed by atoms with E-state index in [0.29, 0.717) is 36.8 Å². The number of hydrogen-bond donors (Lipinski definition) is 4. The highest BCUT2D eigenvalue weighted by Gasteiger charge is 2.49. The van der Waals surface area contributed by atoms with Crippen molar-refractivity contribution in [3.63, 3.8) is 0 Å². The van der Waals surface area contributed by atoms with Crippen molar-refractivity contribution < 1.29 is 19.8 Å². The highest BCUT2D eigenvalue weighted by Crippen LogP contribution is 2.44. The first-order valence-corrected chi connectivity index (χ1v) is 17.0. The van der Waals surface area contributed by atoms with E-state index >= 15 is 0 Å². The molecule has 0 spiro atoms. The molecule has 0 heterocycles. The summed E-state index contributed by atoms with van der Waals surface area (Å²) in [7, 11) is 0. The van der Waals surface area contributed by atoms with Gasteiger partial charge in [0.1, 0.15) is 22.9 Å². The third-order valence-electron chi connectivity index (χ3n) is 9.02. The van der Waals surface area contributed by atoms with Gasteiger partial charge < -0.3 is 21.7 Å². The average Bonchev–Trinajstić information content (AvgIpc) is 2.88. The molecule has 6 nitrogen and oxygen atoms in total. The summed E-state index contributed by atoms with van der Waals surface area (Å²) in [6.45, 7) is 26.9. The molecule has 0 fully saturated rings. The Hall–Kier alpha value is -2.70. The minimum atomic E-state index is -2.01. The van der Waals surface area contributed by atoms with Crippen molar-refractivity contribution in [2.45, 2.75) is 150 Å². The van der Waals surface area contributed by atoms with Crippen molar-refractivity contribution in [3.8, 4) is 11.5 Å². The number of aromatic hydroxyl groups is 2.